The number of aromatic nitrogens is 2. The molecule has 1 aliphatic heterocycles. The molecule has 1 aliphatic rings. The molecule has 2 aromatic carbocycles. The van der Waals surface area contributed by atoms with Crippen LogP contribution >= 0.6 is 11.6 Å². The number of ether oxygens (including phenoxy) is 1. The summed E-state index contributed by atoms with van der Waals surface area (Å²) in [5.41, 5.74) is -0.673. The third-order valence-corrected chi connectivity index (χ3v) is 6.06. The van der Waals surface area contributed by atoms with Gasteiger partial charge in [0.15, 0.2) is 5.75 Å². The molecule has 3 aromatic rings. The van der Waals surface area contributed by atoms with Crippen molar-refractivity contribution in [3.8, 4) is 16.9 Å². The number of phenols is 1. The lowest BCUT2D eigenvalue weighted by Gasteiger charge is -2.13. The van der Waals surface area contributed by atoms with E-state index in [-0.39, 0.29) is 29.0 Å². The highest BCUT2D eigenvalue weighted by Gasteiger charge is 2.27. The van der Waals surface area contributed by atoms with Crippen LogP contribution in [0, 0.1) is 11.6 Å². The number of rotatable bonds is 0. The Morgan fingerprint density at radius 3 is 2.67 bits per heavy atom. The maximum atomic E-state index is 14.5. The average Bonchev–Trinajstić information content (AvgIpc) is 3.03. The number of halogens is 3. The van der Waals surface area contributed by atoms with Crippen molar-refractivity contribution >= 4 is 33.3 Å². The van der Waals surface area contributed by atoms with Crippen molar-refractivity contribution in [2.45, 2.75) is 11.5 Å². The Morgan fingerprint density at radius 1 is 1.20 bits per heavy atom. The van der Waals surface area contributed by atoms with Crippen LogP contribution < -0.4 is 4.72 Å². The summed E-state index contributed by atoms with van der Waals surface area (Å²) in [5, 5.41) is 13.8. The Labute approximate surface area is 173 Å². The molecule has 8 nitrogen and oxygen atoms in total. The summed E-state index contributed by atoms with van der Waals surface area (Å²) in [6, 6.07) is 3.33. The van der Waals surface area contributed by atoms with Crippen molar-refractivity contribution in [1.29, 1.82) is 0 Å². The minimum absolute atomic E-state index is 0.162. The lowest BCUT2D eigenvalue weighted by atomic mass is 10.0. The predicted molar refractivity (Wildman–Crippen MR) is 102 cm³/mol. The number of aromatic hydroxyl groups is 1. The highest BCUT2D eigenvalue weighted by molar-refractivity contribution is 7.92. The lowest BCUT2D eigenvalue weighted by Crippen LogP contribution is -2.16. The summed E-state index contributed by atoms with van der Waals surface area (Å²) >= 11 is 5.86. The molecule has 12 heteroatoms. The maximum absolute atomic E-state index is 14.5. The topological polar surface area (TPSA) is 111 Å². The van der Waals surface area contributed by atoms with Crippen molar-refractivity contribution < 1.29 is 31.8 Å². The molecule has 0 amide bonds. The molecule has 0 atom stereocenters. The van der Waals surface area contributed by atoms with E-state index < -0.39 is 49.0 Å². The first-order valence-electron chi connectivity index (χ1n) is 8.31. The second kappa shape index (κ2) is 6.96. The summed E-state index contributed by atoms with van der Waals surface area (Å²) < 4.78 is 62.9. The molecule has 2 heterocycles. The van der Waals surface area contributed by atoms with Crippen LogP contribution in [0.15, 0.2) is 35.4 Å². The van der Waals surface area contributed by atoms with Crippen LogP contribution in [-0.4, -0.2) is 29.3 Å². The molecule has 0 radical (unpaired) electrons. The van der Waals surface area contributed by atoms with Crippen LogP contribution in [-0.2, 0) is 28.4 Å². The molecule has 0 spiro atoms. The smallest absolute Gasteiger partial charge is 0.338 e. The highest BCUT2D eigenvalue weighted by atomic mass is 35.5. The molecule has 4 rings (SSSR count). The summed E-state index contributed by atoms with van der Waals surface area (Å²) in [6.07, 6.45) is 1.42. The van der Waals surface area contributed by atoms with Crippen molar-refractivity contribution in [1.82, 2.24) is 9.78 Å². The second-order valence-electron chi connectivity index (χ2n) is 6.46. The fraction of sp³-hybridized carbons (Fsp3) is 0.111. The maximum Gasteiger partial charge on any atom is 0.338 e. The molecule has 0 saturated carbocycles. The van der Waals surface area contributed by atoms with Crippen LogP contribution in [0.2, 0.25) is 5.02 Å². The summed E-state index contributed by atoms with van der Waals surface area (Å²) in [7, 11) is -3.07. The van der Waals surface area contributed by atoms with Gasteiger partial charge >= 0.3 is 5.97 Å². The number of esters is 1. The number of cyclic esters (lactones) is 1. The zero-order valence-electron chi connectivity index (χ0n) is 15.1. The van der Waals surface area contributed by atoms with Crippen LogP contribution in [0.1, 0.15) is 16.1 Å². The van der Waals surface area contributed by atoms with Gasteiger partial charge in [0.25, 0.3) is 10.0 Å². The number of aryl methyl sites for hydroxylation is 1. The van der Waals surface area contributed by atoms with Gasteiger partial charge in [0.05, 0.1) is 16.3 Å². The number of carbonyl (C=O) groups excluding carboxylic acids is 1. The van der Waals surface area contributed by atoms with Crippen molar-refractivity contribution in [2.75, 3.05) is 4.72 Å². The van der Waals surface area contributed by atoms with Gasteiger partial charge in [0, 0.05) is 30.4 Å². The first kappa shape index (κ1) is 20.1. The van der Waals surface area contributed by atoms with Gasteiger partial charge in [-0.3, -0.25) is 9.40 Å². The zero-order chi connectivity index (χ0) is 21.8. The number of benzene rings is 2. The molecule has 4 bridgehead atoms. The first-order chi connectivity index (χ1) is 14.1. The van der Waals surface area contributed by atoms with E-state index in [9.17, 15) is 27.1 Å². The standard InChI is InChI=1S/C18H12ClF2N3O5S/c1-24-6-10-9-4-14(13(21)5-12(9)20)23-30(27,28)16-3-8(2-11(19)17(16)25)18(26)29-7-15(10)22-24/h2-6,23,25H,7H2,1H3. The number of sulfonamides is 1. The van der Waals surface area contributed by atoms with E-state index in [0.717, 1.165) is 18.2 Å². The number of phenolic OH excluding ortho intramolecular Hbond substituents is 1. The van der Waals surface area contributed by atoms with Gasteiger partial charge in [-0.25, -0.2) is 22.0 Å². The molecular formula is C18H12ClF2N3O5S. The summed E-state index contributed by atoms with van der Waals surface area (Å²) in [4.78, 5) is 11.7. The predicted octanol–water partition coefficient (Wildman–Crippen LogP) is 3.20. The number of carbonyl (C=O) groups is 1. The Hall–Kier alpha value is -3.18. The molecule has 2 N–H and O–H groups in total. The van der Waals surface area contributed by atoms with E-state index in [0.29, 0.717) is 6.07 Å². The second-order valence-corrected chi connectivity index (χ2v) is 8.52. The highest BCUT2D eigenvalue weighted by Crippen LogP contribution is 2.36. The first-order valence-corrected chi connectivity index (χ1v) is 10.2. The van der Waals surface area contributed by atoms with E-state index >= 15 is 0 Å². The number of hydrogen-bond donors (Lipinski definition) is 2. The van der Waals surface area contributed by atoms with Gasteiger partial charge in [-0.1, -0.05) is 11.6 Å². The van der Waals surface area contributed by atoms with E-state index in [2.05, 4.69) is 5.10 Å². The third kappa shape index (κ3) is 3.35. The van der Waals surface area contributed by atoms with Gasteiger partial charge in [0.1, 0.15) is 28.8 Å². The van der Waals surface area contributed by atoms with E-state index in [1.807, 2.05) is 4.72 Å². The fourth-order valence-corrected chi connectivity index (χ4v) is 4.49. The van der Waals surface area contributed by atoms with Crippen molar-refractivity contribution in [3.63, 3.8) is 0 Å². The average molecular weight is 456 g/mol. The van der Waals surface area contributed by atoms with Gasteiger partial charge < -0.3 is 9.84 Å². The molecule has 0 fully saturated rings. The van der Waals surface area contributed by atoms with Gasteiger partial charge in [0.2, 0.25) is 0 Å². The minimum atomic E-state index is -4.62. The van der Waals surface area contributed by atoms with Gasteiger partial charge in [-0.15, -0.1) is 0 Å². The van der Waals surface area contributed by atoms with Crippen LogP contribution in [0.25, 0.3) is 11.1 Å². The normalized spacial score (nSPS) is 15.1. The number of anilines is 1. The molecule has 1 aromatic heterocycles. The Kier molecular flexibility index (Phi) is 4.66. The largest absolute Gasteiger partial charge is 0.505 e. The Balaban J connectivity index is 2.01. The molecular weight excluding hydrogens is 444 g/mol. The minimum Gasteiger partial charge on any atom is -0.505 e. The van der Waals surface area contributed by atoms with Crippen LogP contribution in [0.4, 0.5) is 14.5 Å². The van der Waals surface area contributed by atoms with Crippen LogP contribution in [0.5, 0.6) is 5.75 Å². The number of fused-ring (bicyclic) bond motifs is 6. The van der Waals surface area contributed by atoms with Crippen molar-refractivity contribution in [3.05, 3.63) is 58.4 Å². The Morgan fingerprint density at radius 2 is 1.93 bits per heavy atom. The molecule has 0 aliphatic carbocycles. The quantitative estimate of drug-likeness (QED) is 0.504. The molecule has 0 unspecified atom stereocenters. The molecule has 156 valence electrons. The molecule has 0 saturated heterocycles. The fourth-order valence-electron chi connectivity index (χ4n) is 3.01. The van der Waals surface area contributed by atoms with E-state index in [4.69, 9.17) is 16.3 Å². The van der Waals surface area contributed by atoms with Crippen LogP contribution in [0.3, 0.4) is 0 Å². The van der Waals surface area contributed by atoms with Crippen molar-refractivity contribution in [2.24, 2.45) is 7.05 Å². The van der Waals surface area contributed by atoms with Gasteiger partial charge in [-0.2, -0.15) is 5.10 Å². The lowest BCUT2D eigenvalue weighted by molar-refractivity contribution is 0.0467. The van der Waals surface area contributed by atoms with E-state index in [1.54, 1.807) is 7.05 Å². The zero-order valence-corrected chi connectivity index (χ0v) is 16.7. The SMILES string of the molecule is Cn1cc2c(n1)COC(=O)c1cc(Cl)c(O)c(c1)S(=O)(=O)Nc1cc-2c(F)cc1F. The number of nitrogens with zero attached hydrogens (tertiary/aromatic N) is 2. The van der Waals surface area contributed by atoms with E-state index in [1.165, 1.54) is 10.9 Å². The molecule has 30 heavy (non-hydrogen) atoms. The van der Waals surface area contributed by atoms with Gasteiger partial charge in [-0.05, 0) is 18.2 Å². The summed E-state index contributed by atoms with van der Waals surface area (Å²) in [6.45, 7) is -0.380. The number of hydrogen-bond acceptors (Lipinski definition) is 6. The third-order valence-electron chi connectivity index (χ3n) is 4.39. The monoisotopic (exact) mass is 455 g/mol. The Bertz CT molecular complexity index is 1320. The number of nitrogens with one attached hydrogen (secondary N) is 1. The summed E-state index contributed by atoms with van der Waals surface area (Å²) in [5.74, 6) is -3.96.